The van der Waals surface area contributed by atoms with E-state index in [1.165, 1.54) is 0 Å². The van der Waals surface area contributed by atoms with Crippen LogP contribution in [0.15, 0.2) is 0 Å². The van der Waals surface area contributed by atoms with Crippen LogP contribution in [0.3, 0.4) is 0 Å². The standard InChI is InChI=1S/C12H22N2O5/c1-3-12(17)19-8-6-14(5-7-18-10-15)9-11(16)13-4-2/h10H,3-9H2,1-2H3,(H,13,16). The van der Waals surface area contributed by atoms with Gasteiger partial charge in [-0.3, -0.25) is 19.3 Å². The molecule has 7 nitrogen and oxygen atoms in total. The third-order valence-electron chi connectivity index (χ3n) is 2.29. The molecule has 0 aliphatic heterocycles. The second kappa shape index (κ2) is 11.5. The van der Waals surface area contributed by atoms with Gasteiger partial charge in [0.25, 0.3) is 6.47 Å². The fourth-order valence-corrected chi connectivity index (χ4v) is 1.35. The highest BCUT2D eigenvalue weighted by Crippen LogP contribution is 1.91. The van der Waals surface area contributed by atoms with Crippen molar-refractivity contribution in [2.24, 2.45) is 0 Å². The summed E-state index contributed by atoms with van der Waals surface area (Å²) in [5.41, 5.74) is 0. The molecule has 0 saturated heterocycles. The van der Waals surface area contributed by atoms with Crippen molar-refractivity contribution in [1.82, 2.24) is 10.2 Å². The first-order chi connectivity index (χ1) is 9.13. The molecule has 0 fully saturated rings. The van der Waals surface area contributed by atoms with Crippen LogP contribution in [0.25, 0.3) is 0 Å². The van der Waals surface area contributed by atoms with Crippen molar-refractivity contribution in [3.8, 4) is 0 Å². The largest absolute Gasteiger partial charge is 0.467 e. The normalized spacial score (nSPS) is 10.1. The summed E-state index contributed by atoms with van der Waals surface area (Å²) in [6.07, 6.45) is 0.324. The minimum absolute atomic E-state index is 0.115. The first-order valence-corrected chi connectivity index (χ1v) is 6.33. The fraction of sp³-hybridized carbons (Fsp3) is 0.750. The van der Waals surface area contributed by atoms with Gasteiger partial charge in [-0.2, -0.15) is 0 Å². The minimum atomic E-state index is -0.276. The molecular formula is C12H22N2O5. The molecule has 0 aliphatic rings. The Bertz CT molecular complexity index is 283. The second-order valence-electron chi connectivity index (χ2n) is 3.77. The third kappa shape index (κ3) is 10.0. The Balaban J connectivity index is 4.05. The van der Waals surface area contributed by atoms with Crippen molar-refractivity contribution >= 4 is 18.3 Å². The summed E-state index contributed by atoms with van der Waals surface area (Å²) >= 11 is 0. The molecule has 1 amide bonds. The van der Waals surface area contributed by atoms with Crippen LogP contribution < -0.4 is 5.32 Å². The van der Waals surface area contributed by atoms with E-state index in [9.17, 15) is 14.4 Å². The lowest BCUT2D eigenvalue weighted by atomic mass is 10.4. The van der Waals surface area contributed by atoms with Gasteiger partial charge in [-0.15, -0.1) is 0 Å². The second-order valence-corrected chi connectivity index (χ2v) is 3.77. The predicted molar refractivity (Wildman–Crippen MR) is 68.4 cm³/mol. The molecule has 0 aliphatic carbocycles. The summed E-state index contributed by atoms with van der Waals surface area (Å²) in [4.78, 5) is 34.3. The topological polar surface area (TPSA) is 84.9 Å². The molecule has 0 bridgehead atoms. The monoisotopic (exact) mass is 274 g/mol. The number of carbonyl (C=O) groups excluding carboxylic acids is 3. The average molecular weight is 274 g/mol. The van der Waals surface area contributed by atoms with Crippen molar-refractivity contribution in [3.05, 3.63) is 0 Å². The summed E-state index contributed by atoms with van der Waals surface area (Å²) in [6, 6.07) is 0. The summed E-state index contributed by atoms with van der Waals surface area (Å²) in [5.74, 6) is -0.391. The maximum atomic E-state index is 11.5. The van der Waals surface area contributed by atoms with E-state index in [1.54, 1.807) is 11.8 Å². The Morgan fingerprint density at radius 3 is 2.47 bits per heavy atom. The number of nitrogens with one attached hydrogen (secondary N) is 1. The van der Waals surface area contributed by atoms with Crippen molar-refractivity contribution < 1.29 is 23.9 Å². The molecule has 0 saturated carbocycles. The lowest BCUT2D eigenvalue weighted by Crippen LogP contribution is -2.40. The average Bonchev–Trinajstić information content (AvgIpc) is 2.38. The molecule has 0 aromatic heterocycles. The number of hydrogen-bond donors (Lipinski definition) is 1. The van der Waals surface area contributed by atoms with Gasteiger partial charge in [0.05, 0.1) is 6.54 Å². The molecule has 1 N–H and O–H groups in total. The lowest BCUT2D eigenvalue weighted by Gasteiger charge is -2.20. The maximum absolute atomic E-state index is 11.5. The molecule has 0 spiro atoms. The molecule has 0 heterocycles. The van der Waals surface area contributed by atoms with E-state index in [2.05, 4.69) is 10.1 Å². The quantitative estimate of drug-likeness (QED) is 0.312. The number of likely N-dealkylation sites (N-methyl/N-ethyl adjacent to an activating group) is 1. The van der Waals surface area contributed by atoms with Gasteiger partial charge in [0.2, 0.25) is 5.91 Å². The van der Waals surface area contributed by atoms with E-state index < -0.39 is 0 Å². The van der Waals surface area contributed by atoms with E-state index >= 15 is 0 Å². The van der Waals surface area contributed by atoms with Gasteiger partial charge in [-0.05, 0) is 6.92 Å². The van der Waals surface area contributed by atoms with Crippen LogP contribution in [-0.4, -0.2) is 62.6 Å². The van der Waals surface area contributed by atoms with Crippen molar-refractivity contribution in [3.63, 3.8) is 0 Å². The van der Waals surface area contributed by atoms with E-state index in [-0.39, 0.29) is 31.6 Å². The van der Waals surface area contributed by atoms with Crippen LogP contribution in [0.5, 0.6) is 0 Å². The van der Waals surface area contributed by atoms with Gasteiger partial charge >= 0.3 is 5.97 Å². The molecule has 0 atom stereocenters. The number of esters is 1. The molecular weight excluding hydrogens is 252 g/mol. The Hall–Kier alpha value is -1.63. The smallest absolute Gasteiger partial charge is 0.305 e. The molecule has 0 aromatic rings. The molecule has 19 heavy (non-hydrogen) atoms. The van der Waals surface area contributed by atoms with Crippen LogP contribution >= 0.6 is 0 Å². The Labute approximate surface area is 113 Å². The van der Waals surface area contributed by atoms with Crippen LogP contribution in [0.1, 0.15) is 20.3 Å². The number of rotatable bonds is 11. The molecule has 7 heteroatoms. The third-order valence-corrected chi connectivity index (χ3v) is 2.29. The van der Waals surface area contributed by atoms with Crippen molar-refractivity contribution in [2.75, 3.05) is 39.4 Å². The van der Waals surface area contributed by atoms with Crippen LogP contribution in [0.2, 0.25) is 0 Å². The van der Waals surface area contributed by atoms with Crippen molar-refractivity contribution in [2.45, 2.75) is 20.3 Å². The number of amides is 1. The van der Waals surface area contributed by atoms with E-state index in [0.29, 0.717) is 32.5 Å². The maximum Gasteiger partial charge on any atom is 0.305 e. The molecule has 110 valence electrons. The molecule has 0 rings (SSSR count). The highest BCUT2D eigenvalue weighted by Gasteiger charge is 2.11. The van der Waals surface area contributed by atoms with Gasteiger partial charge in [0, 0.05) is 26.1 Å². The molecule has 0 radical (unpaired) electrons. The zero-order chi connectivity index (χ0) is 14.5. The highest BCUT2D eigenvalue weighted by molar-refractivity contribution is 5.77. The predicted octanol–water partition coefficient (Wildman–Crippen LogP) is -0.449. The SMILES string of the molecule is CCNC(=O)CN(CCOC=O)CCOC(=O)CC. The van der Waals surface area contributed by atoms with Crippen LogP contribution in [0, 0.1) is 0 Å². The van der Waals surface area contributed by atoms with Gasteiger partial charge in [0.1, 0.15) is 13.2 Å². The molecule has 0 aromatic carbocycles. The summed E-state index contributed by atoms with van der Waals surface area (Å²) in [7, 11) is 0. The summed E-state index contributed by atoms with van der Waals surface area (Å²) < 4.78 is 9.54. The summed E-state index contributed by atoms with van der Waals surface area (Å²) in [6.45, 7) is 5.90. The lowest BCUT2D eigenvalue weighted by molar-refractivity contribution is -0.143. The van der Waals surface area contributed by atoms with Gasteiger partial charge in [0.15, 0.2) is 0 Å². The first-order valence-electron chi connectivity index (χ1n) is 6.33. The Morgan fingerprint density at radius 1 is 1.21 bits per heavy atom. The Kier molecular flexibility index (Phi) is 10.5. The number of carbonyl (C=O) groups is 3. The van der Waals surface area contributed by atoms with E-state index in [1.807, 2.05) is 6.92 Å². The van der Waals surface area contributed by atoms with Gasteiger partial charge in [-0.1, -0.05) is 6.92 Å². The van der Waals surface area contributed by atoms with E-state index in [4.69, 9.17) is 4.74 Å². The Morgan fingerprint density at radius 2 is 1.89 bits per heavy atom. The van der Waals surface area contributed by atoms with Crippen LogP contribution in [0.4, 0.5) is 0 Å². The summed E-state index contributed by atoms with van der Waals surface area (Å²) in [5, 5.41) is 2.68. The fourth-order valence-electron chi connectivity index (χ4n) is 1.35. The highest BCUT2D eigenvalue weighted by atomic mass is 16.5. The van der Waals surface area contributed by atoms with Crippen LogP contribution in [-0.2, 0) is 23.9 Å². The van der Waals surface area contributed by atoms with Gasteiger partial charge in [-0.25, -0.2) is 0 Å². The number of ether oxygens (including phenoxy) is 2. The zero-order valence-corrected chi connectivity index (χ0v) is 11.5. The van der Waals surface area contributed by atoms with Gasteiger partial charge < -0.3 is 14.8 Å². The van der Waals surface area contributed by atoms with Crippen molar-refractivity contribution in [1.29, 1.82) is 0 Å². The zero-order valence-electron chi connectivity index (χ0n) is 11.5. The number of hydrogen-bond acceptors (Lipinski definition) is 6. The molecule has 0 unspecified atom stereocenters. The van der Waals surface area contributed by atoms with E-state index in [0.717, 1.165) is 0 Å². The first kappa shape index (κ1) is 17.4. The number of nitrogens with zero attached hydrogens (tertiary/aromatic N) is 1. The minimum Gasteiger partial charge on any atom is -0.467 e.